The monoisotopic (exact) mass is 143 g/mol. The highest BCUT2D eigenvalue weighted by molar-refractivity contribution is 5.73. The molecule has 0 rings (SSSR count). The molecule has 0 unspecified atom stereocenters. The first-order valence-corrected chi connectivity index (χ1v) is 3.75. The number of nitrogens with zero attached hydrogens (tertiary/aromatic N) is 1. The highest BCUT2D eigenvalue weighted by atomic mass is 16.2. The second kappa shape index (κ2) is 3.59. The fourth-order valence-corrected chi connectivity index (χ4v) is 1.32. The Hall–Kier alpha value is -0.530. The number of rotatable bonds is 2. The van der Waals surface area contributed by atoms with Gasteiger partial charge in [0.05, 0.1) is 0 Å². The molecule has 0 aliphatic carbocycles. The molecule has 2 heteroatoms. The van der Waals surface area contributed by atoms with Gasteiger partial charge >= 0.3 is 0 Å². The molecule has 0 N–H and O–H groups in total. The number of hydrogen-bond acceptors (Lipinski definition) is 1. The van der Waals surface area contributed by atoms with Crippen molar-refractivity contribution in [2.75, 3.05) is 0 Å². The highest BCUT2D eigenvalue weighted by Gasteiger charge is 2.14. The van der Waals surface area contributed by atoms with Gasteiger partial charge in [-0.2, -0.15) is 0 Å². The van der Waals surface area contributed by atoms with E-state index in [0.717, 1.165) is 0 Å². The van der Waals surface area contributed by atoms with E-state index >= 15 is 0 Å². The Balaban J connectivity index is 4.12. The smallest absolute Gasteiger partial charge is 0.219 e. The minimum Gasteiger partial charge on any atom is -0.338 e. The topological polar surface area (TPSA) is 20.3 Å². The molecule has 0 aliphatic heterocycles. The maximum atomic E-state index is 11.0. The molecular weight excluding hydrogens is 126 g/mol. The maximum Gasteiger partial charge on any atom is 0.219 e. The van der Waals surface area contributed by atoms with Gasteiger partial charge in [0.15, 0.2) is 0 Å². The second-order valence-electron chi connectivity index (χ2n) is 3.11. The molecule has 0 fully saturated rings. The molecule has 0 atom stereocenters. The van der Waals surface area contributed by atoms with Crippen molar-refractivity contribution in [3.05, 3.63) is 0 Å². The molecule has 0 aliphatic rings. The van der Waals surface area contributed by atoms with Crippen LogP contribution in [0.1, 0.15) is 34.6 Å². The van der Waals surface area contributed by atoms with Gasteiger partial charge in [-0.05, 0) is 27.7 Å². The molecule has 0 heterocycles. The molecule has 0 saturated heterocycles. The molecule has 0 bridgehead atoms. The average Bonchev–Trinajstić information content (AvgIpc) is 1.59. The van der Waals surface area contributed by atoms with Gasteiger partial charge in [-0.15, -0.1) is 0 Å². The second-order valence-corrected chi connectivity index (χ2v) is 3.11. The van der Waals surface area contributed by atoms with Gasteiger partial charge in [-0.25, -0.2) is 0 Å². The third-order valence-corrected chi connectivity index (χ3v) is 1.48. The zero-order valence-electron chi connectivity index (χ0n) is 7.51. The van der Waals surface area contributed by atoms with E-state index in [2.05, 4.69) is 0 Å². The first-order chi connectivity index (χ1) is 4.46. The van der Waals surface area contributed by atoms with Gasteiger partial charge in [0.1, 0.15) is 0 Å². The van der Waals surface area contributed by atoms with Gasteiger partial charge in [-0.3, -0.25) is 4.79 Å². The first-order valence-electron chi connectivity index (χ1n) is 3.75. The summed E-state index contributed by atoms with van der Waals surface area (Å²) in [4.78, 5) is 12.8. The Morgan fingerprint density at radius 1 is 1.10 bits per heavy atom. The van der Waals surface area contributed by atoms with Crippen LogP contribution in [-0.2, 0) is 4.79 Å². The minimum absolute atomic E-state index is 0.157. The van der Waals surface area contributed by atoms with Crippen molar-refractivity contribution in [2.45, 2.75) is 46.7 Å². The average molecular weight is 143 g/mol. The lowest BCUT2D eigenvalue weighted by molar-refractivity contribution is -0.132. The lowest BCUT2D eigenvalue weighted by atomic mass is 10.2. The lowest BCUT2D eigenvalue weighted by Gasteiger charge is -2.29. The van der Waals surface area contributed by atoms with Crippen molar-refractivity contribution in [1.82, 2.24) is 4.90 Å². The molecule has 0 aromatic carbocycles. The van der Waals surface area contributed by atoms with Gasteiger partial charge in [0, 0.05) is 19.0 Å². The summed E-state index contributed by atoms with van der Waals surface area (Å²) in [5, 5.41) is 0. The molecule has 2 nitrogen and oxygen atoms in total. The summed E-state index contributed by atoms with van der Waals surface area (Å²) in [6.07, 6.45) is 0. The van der Waals surface area contributed by atoms with E-state index in [1.807, 2.05) is 32.6 Å². The lowest BCUT2D eigenvalue weighted by Crippen LogP contribution is -2.40. The van der Waals surface area contributed by atoms with Crippen molar-refractivity contribution in [3.8, 4) is 0 Å². The van der Waals surface area contributed by atoms with Crippen LogP contribution in [-0.4, -0.2) is 22.9 Å². The molecule has 0 saturated carbocycles. The Morgan fingerprint density at radius 2 is 1.40 bits per heavy atom. The van der Waals surface area contributed by atoms with Crippen LogP contribution < -0.4 is 0 Å². The summed E-state index contributed by atoms with van der Waals surface area (Å²) in [6, 6.07) is 0.634. The van der Waals surface area contributed by atoms with E-state index in [0.29, 0.717) is 12.1 Å². The Bertz CT molecular complexity index is 110. The van der Waals surface area contributed by atoms with Crippen molar-refractivity contribution >= 4 is 5.91 Å². The van der Waals surface area contributed by atoms with E-state index < -0.39 is 0 Å². The maximum absolute atomic E-state index is 11.0. The van der Waals surface area contributed by atoms with E-state index in [1.54, 1.807) is 6.92 Å². The molecule has 0 radical (unpaired) electrons. The van der Waals surface area contributed by atoms with Gasteiger partial charge < -0.3 is 4.90 Å². The third kappa shape index (κ3) is 2.38. The van der Waals surface area contributed by atoms with Crippen LogP contribution in [0.3, 0.4) is 0 Å². The molecule has 1 amide bonds. The van der Waals surface area contributed by atoms with Crippen LogP contribution >= 0.6 is 0 Å². The number of hydrogen-bond donors (Lipinski definition) is 0. The van der Waals surface area contributed by atoms with Crippen LogP contribution in [0.5, 0.6) is 0 Å². The molecule has 0 aromatic rings. The van der Waals surface area contributed by atoms with Crippen LogP contribution in [0.25, 0.3) is 0 Å². The van der Waals surface area contributed by atoms with Crippen molar-refractivity contribution in [1.29, 1.82) is 0 Å². The summed E-state index contributed by atoms with van der Waals surface area (Å²) >= 11 is 0. The van der Waals surface area contributed by atoms with Crippen LogP contribution in [0, 0.1) is 0 Å². The van der Waals surface area contributed by atoms with Crippen molar-refractivity contribution in [2.24, 2.45) is 0 Å². The third-order valence-electron chi connectivity index (χ3n) is 1.48. The van der Waals surface area contributed by atoms with Crippen LogP contribution in [0.4, 0.5) is 0 Å². The summed E-state index contributed by atoms with van der Waals surface area (Å²) < 4.78 is 0. The summed E-state index contributed by atoms with van der Waals surface area (Å²) in [5.74, 6) is 0.157. The molecule has 60 valence electrons. The summed E-state index contributed by atoms with van der Waals surface area (Å²) in [7, 11) is 0. The number of amides is 1. The van der Waals surface area contributed by atoms with E-state index in [9.17, 15) is 4.79 Å². The Labute approximate surface area is 63.2 Å². The number of carbonyl (C=O) groups excluding carboxylic acids is 1. The Kier molecular flexibility index (Phi) is 3.40. The van der Waals surface area contributed by atoms with Gasteiger partial charge in [0.2, 0.25) is 5.91 Å². The quantitative estimate of drug-likeness (QED) is 0.575. The normalized spacial score (nSPS) is 10.7. The van der Waals surface area contributed by atoms with Crippen molar-refractivity contribution in [3.63, 3.8) is 0 Å². The molecule has 0 aromatic heterocycles. The summed E-state index contributed by atoms with van der Waals surface area (Å²) in [5.41, 5.74) is 0. The first kappa shape index (κ1) is 9.47. The fourth-order valence-electron chi connectivity index (χ4n) is 1.32. The van der Waals surface area contributed by atoms with Crippen molar-refractivity contribution < 1.29 is 4.79 Å². The van der Waals surface area contributed by atoms with E-state index in [-0.39, 0.29) is 5.91 Å². The highest BCUT2D eigenvalue weighted by Crippen LogP contribution is 2.04. The predicted molar refractivity (Wildman–Crippen MR) is 42.8 cm³/mol. The van der Waals surface area contributed by atoms with Gasteiger partial charge in [0.25, 0.3) is 0 Å². The zero-order valence-corrected chi connectivity index (χ0v) is 7.51. The van der Waals surface area contributed by atoms with Crippen LogP contribution in [0.15, 0.2) is 0 Å². The fraction of sp³-hybridized carbons (Fsp3) is 0.875. The summed E-state index contributed by atoms with van der Waals surface area (Å²) in [6.45, 7) is 9.73. The zero-order chi connectivity index (χ0) is 8.31. The SMILES string of the molecule is CC(=O)N(C(C)C)C(C)C. The largest absolute Gasteiger partial charge is 0.338 e. The molecule has 10 heavy (non-hydrogen) atoms. The predicted octanol–water partition coefficient (Wildman–Crippen LogP) is 1.65. The van der Waals surface area contributed by atoms with E-state index in [1.165, 1.54) is 0 Å². The Morgan fingerprint density at radius 3 is 1.40 bits per heavy atom. The van der Waals surface area contributed by atoms with Gasteiger partial charge in [-0.1, -0.05) is 0 Å². The molecule has 0 spiro atoms. The standard InChI is InChI=1S/C8H17NO/c1-6(2)9(7(3)4)8(5)10/h6-7H,1-5H3. The van der Waals surface area contributed by atoms with E-state index in [4.69, 9.17) is 0 Å². The molecular formula is C8H17NO. The van der Waals surface area contributed by atoms with Crippen LogP contribution in [0.2, 0.25) is 0 Å². The minimum atomic E-state index is 0.157. The number of carbonyl (C=O) groups is 1.